The summed E-state index contributed by atoms with van der Waals surface area (Å²) in [6.45, 7) is 0.795. The minimum Gasteiger partial charge on any atom is -0.211 e. The summed E-state index contributed by atoms with van der Waals surface area (Å²) in [4.78, 5) is 26.8. The summed E-state index contributed by atoms with van der Waals surface area (Å²) >= 11 is 0. The van der Waals surface area contributed by atoms with Gasteiger partial charge >= 0.3 is 0 Å². The molecule has 0 amide bonds. The molecular weight excluding hydrogens is 180 g/mol. The molecular formula is C10H10N2O2. The Balaban J connectivity index is 2.57. The third-order valence-corrected chi connectivity index (χ3v) is 1.94. The average molecular weight is 190 g/mol. The zero-order valence-corrected chi connectivity index (χ0v) is 7.64. The highest BCUT2D eigenvalue weighted by Gasteiger charge is 2.08. The predicted octanol–water partition coefficient (Wildman–Crippen LogP) is 1.16. The van der Waals surface area contributed by atoms with Gasteiger partial charge in [-0.1, -0.05) is 18.2 Å². The van der Waals surface area contributed by atoms with Crippen molar-refractivity contribution < 1.29 is 9.59 Å². The minimum absolute atomic E-state index is 0.221. The second-order valence-corrected chi connectivity index (χ2v) is 2.98. The van der Waals surface area contributed by atoms with Gasteiger partial charge in [0.25, 0.3) is 0 Å². The first-order valence-corrected chi connectivity index (χ1v) is 4.31. The SMILES string of the molecule is O=C=NCC1=C[C@@H](CN=C=O)CC=C1. The molecule has 0 heterocycles. The summed E-state index contributed by atoms with van der Waals surface area (Å²) in [5.41, 5.74) is 0.964. The molecule has 1 atom stereocenters. The Morgan fingerprint density at radius 3 is 2.86 bits per heavy atom. The fourth-order valence-corrected chi connectivity index (χ4v) is 1.33. The Morgan fingerprint density at radius 2 is 2.14 bits per heavy atom. The Labute approximate surface area is 81.8 Å². The molecule has 0 unspecified atom stereocenters. The van der Waals surface area contributed by atoms with E-state index in [1.807, 2.05) is 18.2 Å². The van der Waals surface area contributed by atoms with Crippen LogP contribution in [0.15, 0.2) is 33.8 Å². The first-order chi connectivity index (χ1) is 6.86. The van der Waals surface area contributed by atoms with E-state index < -0.39 is 0 Å². The van der Waals surface area contributed by atoms with Crippen LogP contribution in [0.4, 0.5) is 0 Å². The van der Waals surface area contributed by atoms with E-state index in [0.29, 0.717) is 13.1 Å². The summed E-state index contributed by atoms with van der Waals surface area (Å²) in [6, 6.07) is 0. The van der Waals surface area contributed by atoms with Crippen molar-refractivity contribution in [3.63, 3.8) is 0 Å². The zero-order chi connectivity index (χ0) is 10.2. The maximum absolute atomic E-state index is 9.90. The molecule has 0 fully saturated rings. The summed E-state index contributed by atoms with van der Waals surface area (Å²) in [5, 5.41) is 0. The van der Waals surface area contributed by atoms with E-state index in [2.05, 4.69) is 9.98 Å². The van der Waals surface area contributed by atoms with Crippen LogP contribution in [-0.2, 0) is 9.59 Å². The lowest BCUT2D eigenvalue weighted by Gasteiger charge is -2.12. The molecule has 4 nitrogen and oxygen atoms in total. The Bertz CT molecular complexity index is 345. The van der Waals surface area contributed by atoms with Gasteiger partial charge in [0.15, 0.2) is 0 Å². The molecule has 0 saturated heterocycles. The van der Waals surface area contributed by atoms with Crippen molar-refractivity contribution in [2.24, 2.45) is 15.9 Å². The molecule has 0 aromatic heterocycles. The fourth-order valence-electron chi connectivity index (χ4n) is 1.33. The van der Waals surface area contributed by atoms with Crippen molar-refractivity contribution in [2.45, 2.75) is 6.42 Å². The summed E-state index contributed by atoms with van der Waals surface area (Å²) in [6.07, 6.45) is 9.74. The Kier molecular flexibility index (Phi) is 4.29. The molecule has 14 heavy (non-hydrogen) atoms. The van der Waals surface area contributed by atoms with E-state index >= 15 is 0 Å². The van der Waals surface area contributed by atoms with Gasteiger partial charge in [0, 0.05) is 5.92 Å². The molecule has 72 valence electrons. The average Bonchev–Trinajstić information content (AvgIpc) is 2.24. The van der Waals surface area contributed by atoms with E-state index in [0.717, 1.165) is 12.0 Å². The van der Waals surface area contributed by atoms with Gasteiger partial charge in [-0.3, -0.25) is 0 Å². The van der Waals surface area contributed by atoms with E-state index in [9.17, 15) is 9.59 Å². The molecule has 0 radical (unpaired) electrons. The van der Waals surface area contributed by atoms with Crippen LogP contribution in [0.2, 0.25) is 0 Å². The van der Waals surface area contributed by atoms with Gasteiger partial charge in [-0.05, 0) is 12.0 Å². The topological polar surface area (TPSA) is 58.9 Å². The molecule has 0 aliphatic heterocycles. The van der Waals surface area contributed by atoms with Crippen LogP contribution in [0.3, 0.4) is 0 Å². The first-order valence-electron chi connectivity index (χ1n) is 4.31. The van der Waals surface area contributed by atoms with Crippen molar-refractivity contribution in [3.8, 4) is 0 Å². The van der Waals surface area contributed by atoms with Gasteiger partial charge in [0.2, 0.25) is 12.2 Å². The molecule has 0 aromatic carbocycles. The van der Waals surface area contributed by atoms with Gasteiger partial charge in [-0.15, -0.1) is 0 Å². The maximum Gasteiger partial charge on any atom is 0.235 e. The van der Waals surface area contributed by atoms with E-state index in [-0.39, 0.29) is 5.92 Å². The standard InChI is InChI=1S/C10H10N2O2/c13-7-11-5-9-2-1-3-10(4-9)6-12-8-14/h1-2,4,10H,3,5-6H2/t10-/m0/s1. The molecule has 0 aromatic rings. The van der Waals surface area contributed by atoms with Crippen molar-refractivity contribution in [1.82, 2.24) is 0 Å². The smallest absolute Gasteiger partial charge is 0.211 e. The van der Waals surface area contributed by atoms with Gasteiger partial charge < -0.3 is 0 Å². The lowest BCUT2D eigenvalue weighted by atomic mass is 9.96. The maximum atomic E-state index is 9.90. The highest BCUT2D eigenvalue weighted by atomic mass is 16.1. The van der Waals surface area contributed by atoms with Crippen LogP contribution in [0.1, 0.15) is 6.42 Å². The Hall–Kier alpha value is -1.76. The largest absolute Gasteiger partial charge is 0.235 e. The summed E-state index contributed by atoms with van der Waals surface area (Å²) < 4.78 is 0. The zero-order valence-electron chi connectivity index (χ0n) is 7.64. The van der Waals surface area contributed by atoms with Gasteiger partial charge in [0.1, 0.15) is 0 Å². The van der Waals surface area contributed by atoms with Crippen molar-refractivity contribution >= 4 is 12.2 Å². The van der Waals surface area contributed by atoms with Crippen molar-refractivity contribution in [1.29, 1.82) is 0 Å². The quantitative estimate of drug-likeness (QED) is 0.493. The van der Waals surface area contributed by atoms with Gasteiger partial charge in [0.05, 0.1) is 13.1 Å². The molecule has 0 saturated carbocycles. The predicted molar refractivity (Wildman–Crippen MR) is 51.3 cm³/mol. The highest BCUT2D eigenvalue weighted by molar-refractivity contribution is 5.36. The normalized spacial score (nSPS) is 19.1. The van der Waals surface area contributed by atoms with Gasteiger partial charge in [-0.25, -0.2) is 19.6 Å². The van der Waals surface area contributed by atoms with Gasteiger partial charge in [-0.2, -0.15) is 0 Å². The highest BCUT2D eigenvalue weighted by Crippen LogP contribution is 2.16. The molecule has 0 bridgehead atoms. The van der Waals surface area contributed by atoms with Crippen molar-refractivity contribution in [2.75, 3.05) is 13.1 Å². The van der Waals surface area contributed by atoms with E-state index in [4.69, 9.17) is 0 Å². The fraction of sp³-hybridized carbons (Fsp3) is 0.400. The number of carbonyl (C=O) groups excluding carboxylic acids is 2. The second kappa shape index (κ2) is 5.81. The van der Waals surface area contributed by atoms with E-state index in [1.54, 1.807) is 0 Å². The number of allylic oxidation sites excluding steroid dienone is 1. The van der Waals surface area contributed by atoms with Crippen LogP contribution in [-0.4, -0.2) is 25.2 Å². The third kappa shape index (κ3) is 3.31. The van der Waals surface area contributed by atoms with Crippen LogP contribution in [0.5, 0.6) is 0 Å². The van der Waals surface area contributed by atoms with Crippen LogP contribution >= 0.6 is 0 Å². The molecule has 0 N–H and O–H groups in total. The van der Waals surface area contributed by atoms with E-state index in [1.165, 1.54) is 12.2 Å². The molecule has 0 spiro atoms. The molecule has 1 rings (SSSR count). The van der Waals surface area contributed by atoms with Crippen LogP contribution in [0.25, 0.3) is 0 Å². The third-order valence-electron chi connectivity index (χ3n) is 1.94. The molecule has 1 aliphatic rings. The lowest BCUT2D eigenvalue weighted by molar-refractivity contribution is 0.558. The van der Waals surface area contributed by atoms with Crippen LogP contribution in [0, 0.1) is 5.92 Å². The summed E-state index contributed by atoms with van der Waals surface area (Å²) in [7, 11) is 0. The number of nitrogens with zero attached hydrogens (tertiary/aromatic N) is 2. The first kappa shape index (κ1) is 10.3. The van der Waals surface area contributed by atoms with Crippen LogP contribution < -0.4 is 0 Å². The summed E-state index contributed by atoms with van der Waals surface area (Å²) in [5.74, 6) is 0.221. The number of isocyanates is 2. The van der Waals surface area contributed by atoms with Crippen molar-refractivity contribution in [3.05, 3.63) is 23.8 Å². The number of hydrogen-bond acceptors (Lipinski definition) is 4. The molecule has 4 heteroatoms. The molecule has 1 aliphatic carbocycles. The number of hydrogen-bond donors (Lipinski definition) is 0. The lowest BCUT2D eigenvalue weighted by Crippen LogP contribution is -2.05. The number of rotatable bonds is 4. The second-order valence-electron chi connectivity index (χ2n) is 2.98. The monoisotopic (exact) mass is 190 g/mol. The number of aliphatic imine (C=N–C) groups is 2. The Morgan fingerprint density at radius 1 is 1.36 bits per heavy atom. The minimum atomic E-state index is 0.221.